The Bertz CT molecular complexity index is 269. The van der Waals surface area contributed by atoms with Gasteiger partial charge < -0.3 is 10.6 Å². The minimum Gasteiger partial charge on any atom is -0.329 e. The van der Waals surface area contributed by atoms with E-state index < -0.39 is 0 Å². The van der Waals surface area contributed by atoms with E-state index in [1.807, 2.05) is 0 Å². The number of nitrogens with two attached hydrogens (primary N) is 1. The van der Waals surface area contributed by atoms with Gasteiger partial charge in [-0.1, -0.05) is 13.8 Å². The average Bonchev–Trinajstić information content (AvgIpc) is 2.64. The third-order valence-electron chi connectivity index (χ3n) is 5.67. The second kappa shape index (κ2) is 6.55. The van der Waals surface area contributed by atoms with Crippen molar-refractivity contribution in [2.45, 2.75) is 51.5 Å². The Balaban J connectivity index is 1.99. The third-order valence-corrected chi connectivity index (χ3v) is 5.67. The predicted octanol–water partition coefficient (Wildman–Crippen LogP) is 2.17. The first-order chi connectivity index (χ1) is 9.07. The Morgan fingerprint density at radius 3 is 2.37 bits per heavy atom. The minimum absolute atomic E-state index is 0.316. The van der Waals surface area contributed by atoms with Gasteiger partial charge in [-0.2, -0.15) is 0 Å². The van der Waals surface area contributed by atoms with Crippen molar-refractivity contribution in [2.24, 2.45) is 17.6 Å². The molecule has 0 aromatic rings. The summed E-state index contributed by atoms with van der Waals surface area (Å²) in [7, 11) is 2.24. The highest BCUT2D eigenvalue weighted by Gasteiger charge is 2.39. The molecule has 1 aliphatic carbocycles. The van der Waals surface area contributed by atoms with E-state index in [0.29, 0.717) is 5.54 Å². The van der Waals surface area contributed by atoms with Gasteiger partial charge in [0, 0.05) is 31.7 Å². The van der Waals surface area contributed by atoms with Crippen molar-refractivity contribution in [3.05, 3.63) is 0 Å². The monoisotopic (exact) mass is 267 g/mol. The van der Waals surface area contributed by atoms with Gasteiger partial charge in [-0.05, 0) is 57.5 Å². The van der Waals surface area contributed by atoms with Gasteiger partial charge in [0.25, 0.3) is 0 Å². The second-order valence-electron chi connectivity index (χ2n) is 7.15. The molecule has 2 N–H and O–H groups in total. The van der Waals surface area contributed by atoms with Crippen LogP contribution in [0.1, 0.15) is 46.0 Å². The van der Waals surface area contributed by atoms with Crippen molar-refractivity contribution >= 4 is 0 Å². The van der Waals surface area contributed by atoms with Crippen LogP contribution in [0.5, 0.6) is 0 Å². The predicted molar refractivity (Wildman–Crippen MR) is 82.3 cm³/mol. The fraction of sp³-hybridized carbons (Fsp3) is 1.00. The van der Waals surface area contributed by atoms with Gasteiger partial charge >= 0.3 is 0 Å². The van der Waals surface area contributed by atoms with Crippen molar-refractivity contribution in [1.29, 1.82) is 0 Å². The highest BCUT2D eigenvalue weighted by molar-refractivity contribution is 4.97. The molecule has 2 fully saturated rings. The molecule has 1 saturated heterocycles. The molecule has 1 aliphatic heterocycles. The van der Waals surface area contributed by atoms with Crippen molar-refractivity contribution in [2.75, 3.05) is 39.8 Å². The molecule has 0 aromatic heterocycles. The lowest BCUT2D eigenvalue weighted by Gasteiger charge is -2.48. The van der Waals surface area contributed by atoms with Gasteiger partial charge in [-0.25, -0.2) is 0 Å². The molecule has 0 radical (unpaired) electrons. The molecule has 0 spiro atoms. The number of nitrogens with zero attached hydrogens (tertiary/aromatic N) is 2. The smallest absolute Gasteiger partial charge is 0.0332 e. The Morgan fingerprint density at radius 1 is 1.11 bits per heavy atom. The van der Waals surface area contributed by atoms with Crippen LogP contribution in [0.15, 0.2) is 0 Å². The first-order valence-corrected chi connectivity index (χ1v) is 8.21. The first kappa shape index (κ1) is 15.3. The van der Waals surface area contributed by atoms with Crippen molar-refractivity contribution < 1.29 is 0 Å². The van der Waals surface area contributed by atoms with Crippen LogP contribution in [0, 0.1) is 11.8 Å². The fourth-order valence-electron chi connectivity index (χ4n) is 4.01. The average molecular weight is 267 g/mol. The van der Waals surface area contributed by atoms with E-state index in [-0.39, 0.29) is 0 Å². The van der Waals surface area contributed by atoms with Crippen LogP contribution < -0.4 is 5.73 Å². The van der Waals surface area contributed by atoms with E-state index in [0.717, 1.165) is 18.4 Å². The third kappa shape index (κ3) is 3.50. The van der Waals surface area contributed by atoms with Gasteiger partial charge in [0.15, 0.2) is 0 Å². The van der Waals surface area contributed by atoms with Gasteiger partial charge in [0.1, 0.15) is 0 Å². The van der Waals surface area contributed by atoms with Crippen molar-refractivity contribution in [3.8, 4) is 0 Å². The van der Waals surface area contributed by atoms with E-state index in [9.17, 15) is 0 Å². The van der Waals surface area contributed by atoms with Crippen LogP contribution in [-0.2, 0) is 0 Å². The van der Waals surface area contributed by atoms with Crippen molar-refractivity contribution in [3.63, 3.8) is 0 Å². The maximum Gasteiger partial charge on any atom is 0.0332 e. The van der Waals surface area contributed by atoms with E-state index in [1.54, 1.807) is 0 Å². The Hall–Kier alpha value is -0.120. The summed E-state index contributed by atoms with van der Waals surface area (Å²) in [5.41, 5.74) is 6.54. The summed E-state index contributed by atoms with van der Waals surface area (Å²) in [6.45, 7) is 10.5. The van der Waals surface area contributed by atoms with Crippen LogP contribution >= 0.6 is 0 Å². The minimum atomic E-state index is 0.316. The lowest BCUT2D eigenvalue weighted by atomic mass is 9.72. The standard InChI is InChI=1S/C16H33N3/c1-14(2)15-5-7-16(13-17,8-6-15)19-10-4-9-18(3)11-12-19/h14-15H,4-13,17H2,1-3H3. The molecule has 2 rings (SSSR count). The van der Waals surface area contributed by atoms with Crippen LogP contribution in [0.3, 0.4) is 0 Å². The maximum absolute atomic E-state index is 6.22. The lowest BCUT2D eigenvalue weighted by molar-refractivity contribution is 0.0381. The molecule has 3 heteroatoms. The fourth-order valence-corrected chi connectivity index (χ4v) is 4.01. The molecule has 0 atom stereocenters. The number of likely N-dealkylation sites (N-methyl/N-ethyl adjacent to an activating group) is 1. The Morgan fingerprint density at radius 2 is 1.79 bits per heavy atom. The summed E-state index contributed by atoms with van der Waals surface area (Å²) in [6.07, 6.45) is 6.68. The highest BCUT2D eigenvalue weighted by Crippen LogP contribution is 2.39. The molecule has 3 nitrogen and oxygen atoms in total. The quantitative estimate of drug-likeness (QED) is 0.850. The molecule has 0 aromatic carbocycles. The molecule has 19 heavy (non-hydrogen) atoms. The lowest BCUT2D eigenvalue weighted by Crippen LogP contribution is -2.56. The van der Waals surface area contributed by atoms with Gasteiger partial charge in [0.05, 0.1) is 0 Å². The molecule has 1 saturated carbocycles. The molecular formula is C16H33N3. The SMILES string of the molecule is CC(C)C1CCC(CN)(N2CCCN(C)CC2)CC1. The van der Waals surface area contributed by atoms with Crippen LogP contribution in [-0.4, -0.2) is 55.1 Å². The van der Waals surface area contributed by atoms with E-state index in [4.69, 9.17) is 5.73 Å². The first-order valence-electron chi connectivity index (χ1n) is 8.21. The molecule has 0 unspecified atom stereocenters. The zero-order valence-corrected chi connectivity index (χ0v) is 13.2. The molecular weight excluding hydrogens is 234 g/mol. The number of hydrogen-bond acceptors (Lipinski definition) is 3. The molecule has 1 heterocycles. The second-order valence-corrected chi connectivity index (χ2v) is 7.15. The molecule has 0 bridgehead atoms. The largest absolute Gasteiger partial charge is 0.329 e. The van der Waals surface area contributed by atoms with Crippen LogP contribution in [0.2, 0.25) is 0 Å². The van der Waals surface area contributed by atoms with E-state index in [2.05, 4.69) is 30.7 Å². The topological polar surface area (TPSA) is 32.5 Å². The Kier molecular flexibility index (Phi) is 5.27. The highest BCUT2D eigenvalue weighted by atomic mass is 15.3. The van der Waals surface area contributed by atoms with Crippen LogP contribution in [0.25, 0.3) is 0 Å². The summed E-state index contributed by atoms with van der Waals surface area (Å²) < 4.78 is 0. The molecule has 0 amide bonds. The van der Waals surface area contributed by atoms with Gasteiger partial charge in [-0.3, -0.25) is 4.90 Å². The summed E-state index contributed by atoms with van der Waals surface area (Å²) in [6, 6.07) is 0. The normalized spacial score (nSPS) is 35.5. The van der Waals surface area contributed by atoms with Crippen molar-refractivity contribution in [1.82, 2.24) is 9.80 Å². The van der Waals surface area contributed by atoms with Crippen LogP contribution in [0.4, 0.5) is 0 Å². The van der Waals surface area contributed by atoms with E-state index >= 15 is 0 Å². The zero-order chi connectivity index (χ0) is 13.9. The number of hydrogen-bond donors (Lipinski definition) is 1. The van der Waals surface area contributed by atoms with Gasteiger partial charge in [0.2, 0.25) is 0 Å². The Labute approximate surface area is 119 Å². The zero-order valence-electron chi connectivity index (χ0n) is 13.2. The summed E-state index contributed by atoms with van der Waals surface area (Å²) >= 11 is 0. The van der Waals surface area contributed by atoms with Gasteiger partial charge in [-0.15, -0.1) is 0 Å². The molecule has 112 valence electrons. The molecule has 2 aliphatic rings. The van der Waals surface area contributed by atoms with E-state index in [1.165, 1.54) is 58.3 Å². The maximum atomic E-state index is 6.22. The summed E-state index contributed by atoms with van der Waals surface area (Å²) in [5.74, 6) is 1.76. The summed E-state index contributed by atoms with van der Waals surface area (Å²) in [5, 5.41) is 0. The summed E-state index contributed by atoms with van der Waals surface area (Å²) in [4.78, 5) is 5.19. The number of rotatable bonds is 3.